The molecule has 286 valence electrons. The molecule has 1 N–H and O–H groups in total. The maximum Gasteiger partial charge on any atom is 0.215 e. The van der Waals surface area contributed by atoms with Crippen LogP contribution in [0.5, 0.6) is 23.0 Å². The maximum atomic E-state index is 5.77. The second-order valence-electron chi connectivity index (χ2n) is 14.3. The first kappa shape index (κ1) is 36.3. The van der Waals surface area contributed by atoms with Gasteiger partial charge in [0.2, 0.25) is 5.69 Å². The van der Waals surface area contributed by atoms with Gasteiger partial charge in [-0.2, -0.15) is 0 Å². The Labute approximate surface area is 337 Å². The molecule has 0 spiro atoms. The van der Waals surface area contributed by atoms with Gasteiger partial charge in [0.15, 0.2) is 6.21 Å². The highest BCUT2D eigenvalue weighted by molar-refractivity contribution is 6.02. The van der Waals surface area contributed by atoms with Gasteiger partial charge in [0.05, 0.1) is 62.0 Å². The third kappa shape index (κ3) is 6.38. The average molecular weight is 764 g/mol. The quantitative estimate of drug-likeness (QED) is 0.156. The number of hydrogen-bond donors (Lipinski definition) is 1. The van der Waals surface area contributed by atoms with Crippen LogP contribution in [0.3, 0.4) is 0 Å². The van der Waals surface area contributed by atoms with E-state index in [4.69, 9.17) is 23.9 Å². The summed E-state index contributed by atoms with van der Waals surface area (Å²) in [6, 6.07) is 43.8. The summed E-state index contributed by atoms with van der Waals surface area (Å²) in [7, 11) is 11.0. The molecule has 3 aromatic heterocycles. The lowest BCUT2D eigenvalue weighted by atomic mass is 9.99. The van der Waals surface area contributed by atoms with Crippen LogP contribution in [0.4, 0.5) is 5.69 Å². The molecular formula is C50H43N4O4+. The largest absolute Gasteiger partial charge is 0.497 e. The molecule has 2 aliphatic heterocycles. The molecule has 4 aromatic carbocycles. The molecule has 0 unspecified atom stereocenters. The van der Waals surface area contributed by atoms with Gasteiger partial charge in [0.1, 0.15) is 30.0 Å². The van der Waals surface area contributed by atoms with Gasteiger partial charge in [-0.15, -0.1) is 0 Å². The predicted molar refractivity (Wildman–Crippen MR) is 236 cm³/mol. The zero-order chi connectivity index (χ0) is 39.9. The summed E-state index contributed by atoms with van der Waals surface area (Å²) in [6.07, 6.45) is 6.41. The van der Waals surface area contributed by atoms with Gasteiger partial charge >= 0.3 is 0 Å². The van der Waals surface area contributed by atoms with Crippen molar-refractivity contribution >= 4 is 46.1 Å². The van der Waals surface area contributed by atoms with Crippen LogP contribution in [0.15, 0.2) is 127 Å². The minimum Gasteiger partial charge on any atom is -0.497 e. The van der Waals surface area contributed by atoms with E-state index in [0.717, 1.165) is 112 Å². The van der Waals surface area contributed by atoms with Gasteiger partial charge < -0.3 is 28.5 Å². The van der Waals surface area contributed by atoms with Crippen molar-refractivity contribution in [1.29, 1.82) is 0 Å². The topological polar surface area (TPSA) is 73.5 Å². The van der Waals surface area contributed by atoms with Crippen LogP contribution in [0.25, 0.3) is 78.7 Å². The fourth-order valence-corrected chi connectivity index (χ4v) is 8.18. The van der Waals surface area contributed by atoms with Gasteiger partial charge in [-0.05, 0) is 107 Å². The van der Waals surface area contributed by atoms with E-state index in [1.165, 1.54) is 0 Å². The van der Waals surface area contributed by atoms with Gasteiger partial charge in [0.25, 0.3) is 0 Å². The van der Waals surface area contributed by atoms with E-state index in [1.54, 1.807) is 28.4 Å². The van der Waals surface area contributed by atoms with Gasteiger partial charge in [0, 0.05) is 40.8 Å². The molecule has 58 heavy (non-hydrogen) atoms. The van der Waals surface area contributed by atoms with Gasteiger partial charge in [-0.1, -0.05) is 48.5 Å². The van der Waals surface area contributed by atoms with Crippen molar-refractivity contribution in [2.75, 3.05) is 35.5 Å². The number of aromatic nitrogens is 3. The van der Waals surface area contributed by atoms with Crippen molar-refractivity contribution in [3.63, 3.8) is 0 Å². The number of ether oxygens (including phenoxy) is 4. The lowest BCUT2D eigenvalue weighted by Gasteiger charge is -2.11. The molecule has 8 nitrogen and oxygen atoms in total. The number of rotatable bonds is 8. The van der Waals surface area contributed by atoms with Crippen LogP contribution in [0.1, 0.15) is 17.0 Å². The third-order valence-electron chi connectivity index (χ3n) is 11.0. The van der Waals surface area contributed by atoms with Crippen molar-refractivity contribution in [3.8, 4) is 67.5 Å². The predicted octanol–water partition coefficient (Wildman–Crippen LogP) is 11.2. The Kier molecular flexibility index (Phi) is 9.38. The lowest BCUT2D eigenvalue weighted by Crippen LogP contribution is -1.99. The molecule has 0 atom stereocenters. The summed E-state index contributed by atoms with van der Waals surface area (Å²) in [5.41, 5.74) is 15.7. The monoisotopic (exact) mass is 763 g/mol. The summed E-state index contributed by atoms with van der Waals surface area (Å²) in [5.74, 6) is 3.09. The smallest absolute Gasteiger partial charge is 0.215 e. The highest BCUT2D eigenvalue weighted by atomic mass is 16.5. The van der Waals surface area contributed by atoms with E-state index in [1.807, 2.05) is 48.5 Å². The Balaban J connectivity index is 1.51. The Bertz CT molecular complexity index is 2990. The second-order valence-corrected chi connectivity index (χ2v) is 14.3. The Morgan fingerprint density at radius 2 is 0.931 bits per heavy atom. The molecule has 0 fully saturated rings. The van der Waals surface area contributed by atoms with Crippen molar-refractivity contribution in [2.45, 2.75) is 0 Å². The summed E-state index contributed by atoms with van der Waals surface area (Å²) in [5, 5.41) is 0. The number of nitrogens with zero attached hydrogens (tertiary/aromatic N) is 3. The van der Waals surface area contributed by atoms with Gasteiger partial charge in [-0.3, -0.25) is 0 Å². The summed E-state index contributed by atoms with van der Waals surface area (Å²) < 4.78 is 27.5. The molecule has 0 amide bonds. The van der Waals surface area contributed by atoms with Crippen LogP contribution in [-0.4, -0.2) is 60.8 Å². The van der Waals surface area contributed by atoms with E-state index in [-0.39, 0.29) is 0 Å². The zero-order valence-corrected chi connectivity index (χ0v) is 33.3. The molecule has 8 heteroatoms. The Morgan fingerprint density at radius 3 is 1.45 bits per heavy atom. The zero-order valence-electron chi connectivity index (χ0n) is 33.3. The Hall–Kier alpha value is -7.32. The minimum atomic E-state index is 0.763. The minimum absolute atomic E-state index is 0.763. The normalized spacial score (nSPS) is 12.0. The van der Waals surface area contributed by atoms with Crippen molar-refractivity contribution < 1.29 is 23.5 Å². The number of benzene rings is 4. The number of H-pyrrole nitrogens is 1. The van der Waals surface area contributed by atoms with Crippen LogP contribution in [-0.2, 0) is 7.05 Å². The number of aromatic amines is 1. The van der Waals surface area contributed by atoms with E-state index in [9.17, 15) is 0 Å². The second kappa shape index (κ2) is 15.0. The molecule has 8 bridgehead atoms. The first-order chi connectivity index (χ1) is 28.4. The molecule has 9 rings (SSSR count). The maximum absolute atomic E-state index is 5.77. The van der Waals surface area contributed by atoms with E-state index >= 15 is 0 Å². The number of fused-ring (bicyclic) bond motifs is 8. The number of hydrogen-bond acceptors (Lipinski definition) is 5. The Morgan fingerprint density at radius 1 is 0.500 bits per heavy atom. The third-order valence-corrected chi connectivity index (χ3v) is 11.0. The summed E-state index contributed by atoms with van der Waals surface area (Å²) >= 11 is 0. The molecule has 0 aliphatic carbocycles. The standard InChI is InChI=1S/C50H42N4O4/c1-53-30-35-29-46(53)50(34-14-10-18-39(28-34)58-6)45-24-23-44(54(45)2)49(33-13-9-17-38(27-33)57-5)43-22-21-42(52-43)48(32-12-8-16-37(26-32)56-4)41-20-19-40(51-41)47(35)31-11-7-15-36(25-31)55-3/h7-30H,1-6H3/p+1. The van der Waals surface area contributed by atoms with Crippen LogP contribution >= 0.6 is 0 Å². The molecule has 2 aliphatic rings. The molecular weight excluding hydrogens is 721 g/mol. The average Bonchev–Trinajstić information content (AvgIpc) is 4.08. The first-order valence-corrected chi connectivity index (χ1v) is 19.1. The van der Waals surface area contributed by atoms with E-state index in [2.05, 4.69) is 125 Å². The summed E-state index contributed by atoms with van der Waals surface area (Å²) in [4.78, 5) is 9.31. The van der Waals surface area contributed by atoms with Crippen molar-refractivity contribution in [1.82, 2.24) is 14.5 Å². The van der Waals surface area contributed by atoms with Crippen LogP contribution in [0.2, 0.25) is 0 Å². The van der Waals surface area contributed by atoms with Crippen molar-refractivity contribution in [2.24, 2.45) is 7.05 Å². The van der Waals surface area contributed by atoms with Crippen LogP contribution < -0.4 is 18.9 Å². The van der Waals surface area contributed by atoms with Crippen LogP contribution in [0, 0.1) is 0 Å². The molecule has 0 radical (unpaired) electrons. The molecule has 0 saturated carbocycles. The highest BCUT2D eigenvalue weighted by Gasteiger charge is 2.26. The fraction of sp³-hybridized carbons (Fsp3) is 0.120. The molecule has 5 heterocycles. The highest BCUT2D eigenvalue weighted by Crippen LogP contribution is 2.42. The number of aryl methyl sites for hydroxylation is 1. The van der Waals surface area contributed by atoms with Gasteiger partial charge in [-0.25, -0.2) is 9.56 Å². The SMILES string of the molecule is COc1cccc(-c2c3cc(c(-c4cccc(OC)c4)c4ccc(c(-c5cccc(OC)c5)c5ccc([nH]5)c(-c5cccc(OC)c5)c5nc2C=C5)n4C)[N+](C)=C3)c1. The van der Waals surface area contributed by atoms with Crippen molar-refractivity contribution in [3.05, 3.63) is 144 Å². The number of methoxy groups -OCH3 is 4. The van der Waals surface area contributed by atoms with E-state index in [0.29, 0.717) is 0 Å². The lowest BCUT2D eigenvalue weighted by molar-refractivity contribution is -0.395. The molecule has 7 aromatic rings. The molecule has 0 saturated heterocycles. The number of nitrogens with one attached hydrogen (secondary N) is 1. The van der Waals surface area contributed by atoms with E-state index < -0.39 is 0 Å². The fourth-order valence-electron chi connectivity index (χ4n) is 8.18. The first-order valence-electron chi connectivity index (χ1n) is 19.1. The summed E-state index contributed by atoms with van der Waals surface area (Å²) in [6.45, 7) is 0.